The molecule has 0 saturated carbocycles. The number of amides is 1. The largest absolute Gasteiger partial charge is 0.459 e. The summed E-state index contributed by atoms with van der Waals surface area (Å²) in [5.41, 5.74) is 19.1. The van der Waals surface area contributed by atoms with Gasteiger partial charge in [0.1, 0.15) is 12.1 Å². The number of nitrogens with one attached hydrogen (secondary N) is 1. The summed E-state index contributed by atoms with van der Waals surface area (Å²) in [7, 11) is 0. The second-order valence-corrected chi connectivity index (χ2v) is 11.0. The predicted octanol–water partition coefficient (Wildman–Crippen LogP) is 5.66. The van der Waals surface area contributed by atoms with Gasteiger partial charge >= 0.3 is 5.97 Å². The Morgan fingerprint density at radius 2 is 1.57 bits per heavy atom. The van der Waals surface area contributed by atoms with Crippen molar-refractivity contribution in [3.63, 3.8) is 0 Å². The Labute approximate surface area is 235 Å². The van der Waals surface area contributed by atoms with Crippen molar-refractivity contribution in [2.45, 2.75) is 51.3 Å². The molecule has 40 heavy (non-hydrogen) atoms. The second kappa shape index (κ2) is 11.4. The smallest absolute Gasteiger partial charge is 0.326 e. The van der Waals surface area contributed by atoms with Crippen molar-refractivity contribution in [3.8, 4) is 11.1 Å². The lowest BCUT2D eigenvalue weighted by atomic mass is 9.91. The highest BCUT2D eigenvalue weighted by Gasteiger charge is 2.31. The van der Waals surface area contributed by atoms with E-state index >= 15 is 0 Å². The van der Waals surface area contributed by atoms with Crippen LogP contribution in [0.5, 0.6) is 0 Å². The highest BCUT2D eigenvalue weighted by molar-refractivity contribution is 5.96. The lowest BCUT2D eigenvalue weighted by molar-refractivity contribution is -0.150. The summed E-state index contributed by atoms with van der Waals surface area (Å²) in [5.74, 6) is -0.709. The quantitative estimate of drug-likeness (QED) is 0.228. The fraction of sp³-hybridized carbons (Fsp3) is 0.235. The van der Waals surface area contributed by atoms with Crippen LogP contribution in [0.2, 0.25) is 0 Å². The van der Waals surface area contributed by atoms with Crippen LogP contribution >= 0.6 is 0 Å². The molecule has 4 bridgehead atoms. The number of hydrogen-bond acceptors (Lipinski definition) is 5. The maximum atomic E-state index is 13.8. The number of anilines is 1. The molecule has 1 aliphatic rings. The van der Waals surface area contributed by atoms with Crippen LogP contribution in [-0.2, 0) is 29.0 Å². The van der Waals surface area contributed by atoms with E-state index in [1.165, 1.54) is 0 Å². The minimum atomic E-state index is -1.21. The van der Waals surface area contributed by atoms with Gasteiger partial charge in [0.2, 0.25) is 0 Å². The van der Waals surface area contributed by atoms with Crippen molar-refractivity contribution in [2.24, 2.45) is 5.73 Å². The number of hydrogen-bond donors (Lipinski definition) is 3. The zero-order chi connectivity index (χ0) is 28.3. The molecule has 0 saturated heterocycles. The van der Waals surface area contributed by atoms with Crippen LogP contribution in [0.4, 0.5) is 5.69 Å². The minimum Gasteiger partial charge on any atom is -0.459 e. The van der Waals surface area contributed by atoms with E-state index in [1.807, 2.05) is 55.5 Å². The summed E-state index contributed by atoms with van der Waals surface area (Å²) >= 11 is 0. The molecule has 0 aliphatic carbocycles. The zero-order valence-electron chi connectivity index (χ0n) is 22.9. The molecular weight excluding hydrogens is 498 g/mol. The summed E-state index contributed by atoms with van der Waals surface area (Å²) in [4.78, 5) is 26.8. The van der Waals surface area contributed by atoms with Crippen molar-refractivity contribution in [2.75, 3.05) is 5.73 Å². The lowest BCUT2D eigenvalue weighted by Gasteiger charge is -2.24. The standard InChI is InChI=1S/C34H35N3O3/c1-22-10-13-26(14-11-22)31-15-12-23-6-5-7-24(16-23)20-34(2,36)33(39)40-21-25-17-27(19-28(18-25)32(38)37-31)29-8-3-4-9-30(29)35/h3-11,13-14,16-19,31H,12,15,20-21,35-36H2,1-2H3,(H,37,38). The maximum Gasteiger partial charge on any atom is 0.326 e. The topological polar surface area (TPSA) is 107 Å². The highest BCUT2D eigenvalue weighted by Crippen LogP contribution is 2.29. The van der Waals surface area contributed by atoms with E-state index in [2.05, 4.69) is 41.7 Å². The Balaban J connectivity index is 1.57. The Hall–Kier alpha value is -4.42. The Morgan fingerprint density at radius 1 is 0.850 bits per heavy atom. The number of carbonyl (C=O) groups is 2. The summed E-state index contributed by atoms with van der Waals surface area (Å²) in [6.07, 6.45) is 1.80. The van der Waals surface area contributed by atoms with E-state index in [1.54, 1.807) is 13.0 Å². The van der Waals surface area contributed by atoms with Crippen LogP contribution in [0.25, 0.3) is 11.1 Å². The summed E-state index contributed by atoms with van der Waals surface area (Å²) < 4.78 is 5.70. The van der Waals surface area contributed by atoms with Crippen LogP contribution in [0.1, 0.15) is 57.6 Å². The van der Waals surface area contributed by atoms with E-state index in [0.717, 1.165) is 39.8 Å². The average molecular weight is 534 g/mol. The number of fused-ring (bicyclic) bond motifs is 4. The SMILES string of the molecule is Cc1ccc(C2CCc3cccc(c3)CC(C)(N)C(=O)OCc3cc(cc(-c4ccccc4N)c3)C(=O)N2)cc1. The maximum absolute atomic E-state index is 13.8. The Morgan fingerprint density at radius 3 is 2.35 bits per heavy atom. The monoisotopic (exact) mass is 533 g/mol. The molecule has 1 aliphatic heterocycles. The fourth-order valence-corrected chi connectivity index (χ4v) is 5.20. The molecule has 5 rings (SSSR count). The van der Waals surface area contributed by atoms with Gasteiger partial charge < -0.3 is 21.5 Å². The molecule has 4 aromatic carbocycles. The molecule has 0 radical (unpaired) electrons. The fourth-order valence-electron chi connectivity index (χ4n) is 5.20. The van der Waals surface area contributed by atoms with Crippen molar-refractivity contribution < 1.29 is 14.3 Å². The molecule has 5 N–H and O–H groups in total. The number of carbonyl (C=O) groups excluding carboxylic acids is 2. The molecule has 6 heteroatoms. The summed E-state index contributed by atoms with van der Waals surface area (Å²) in [5, 5.41) is 3.27. The molecule has 0 spiro atoms. The third-order valence-corrected chi connectivity index (χ3v) is 7.43. The first-order chi connectivity index (χ1) is 19.2. The molecule has 1 heterocycles. The molecule has 1 amide bonds. The van der Waals surface area contributed by atoms with Gasteiger partial charge in [-0.25, -0.2) is 0 Å². The first-order valence-corrected chi connectivity index (χ1v) is 13.6. The molecule has 2 atom stereocenters. The molecule has 0 aromatic heterocycles. The lowest BCUT2D eigenvalue weighted by Crippen LogP contribution is -2.48. The molecule has 2 unspecified atom stereocenters. The number of ether oxygens (including phenoxy) is 1. The summed E-state index contributed by atoms with van der Waals surface area (Å²) in [6, 6.07) is 29.2. The van der Waals surface area contributed by atoms with E-state index in [-0.39, 0.29) is 18.6 Å². The van der Waals surface area contributed by atoms with E-state index < -0.39 is 11.5 Å². The van der Waals surface area contributed by atoms with Crippen LogP contribution in [0.15, 0.2) is 91.0 Å². The van der Waals surface area contributed by atoms with Gasteiger partial charge in [0.15, 0.2) is 0 Å². The molecule has 4 aromatic rings. The Bertz CT molecular complexity index is 1540. The van der Waals surface area contributed by atoms with Gasteiger partial charge in [0.05, 0.1) is 6.04 Å². The van der Waals surface area contributed by atoms with Crippen molar-refractivity contribution >= 4 is 17.6 Å². The Kier molecular flexibility index (Phi) is 7.71. The minimum absolute atomic E-state index is 0.0199. The van der Waals surface area contributed by atoms with Gasteiger partial charge in [-0.15, -0.1) is 0 Å². The van der Waals surface area contributed by atoms with Gasteiger partial charge in [-0.3, -0.25) is 9.59 Å². The number of cyclic esters (lactones) is 1. The van der Waals surface area contributed by atoms with Gasteiger partial charge in [-0.1, -0.05) is 72.3 Å². The average Bonchev–Trinajstić information content (AvgIpc) is 2.94. The van der Waals surface area contributed by atoms with Gasteiger partial charge in [0.25, 0.3) is 5.91 Å². The molecule has 6 nitrogen and oxygen atoms in total. The van der Waals surface area contributed by atoms with Crippen molar-refractivity contribution in [1.82, 2.24) is 5.32 Å². The number of nitrogens with two attached hydrogens (primary N) is 2. The zero-order valence-corrected chi connectivity index (χ0v) is 22.9. The van der Waals surface area contributed by atoms with Crippen LogP contribution < -0.4 is 16.8 Å². The highest BCUT2D eigenvalue weighted by atomic mass is 16.5. The van der Waals surface area contributed by atoms with Gasteiger partial charge in [-0.2, -0.15) is 0 Å². The van der Waals surface area contributed by atoms with Gasteiger partial charge in [0, 0.05) is 23.2 Å². The van der Waals surface area contributed by atoms with Crippen molar-refractivity contribution in [3.05, 3.63) is 124 Å². The predicted molar refractivity (Wildman–Crippen MR) is 159 cm³/mol. The molecule has 204 valence electrons. The first-order valence-electron chi connectivity index (χ1n) is 13.6. The molecule has 0 fully saturated rings. The number of nitrogen functional groups attached to an aromatic ring is 1. The van der Waals surface area contributed by atoms with Gasteiger partial charge in [-0.05, 0) is 78.8 Å². The van der Waals surface area contributed by atoms with Crippen LogP contribution in [-0.4, -0.2) is 17.4 Å². The third-order valence-electron chi connectivity index (χ3n) is 7.43. The van der Waals surface area contributed by atoms with Crippen LogP contribution in [0, 0.1) is 6.92 Å². The summed E-state index contributed by atoms with van der Waals surface area (Å²) in [6.45, 7) is 3.72. The number of rotatable bonds is 2. The van der Waals surface area contributed by atoms with E-state index in [0.29, 0.717) is 29.7 Å². The number of esters is 1. The number of para-hydroxylation sites is 1. The third kappa shape index (κ3) is 6.24. The second-order valence-electron chi connectivity index (χ2n) is 11.0. The number of aryl methyl sites for hydroxylation is 2. The molecular formula is C34H35N3O3. The van der Waals surface area contributed by atoms with E-state index in [9.17, 15) is 9.59 Å². The number of benzene rings is 4. The normalized spacial score (nSPS) is 19.9. The van der Waals surface area contributed by atoms with E-state index in [4.69, 9.17) is 16.2 Å². The first kappa shape index (κ1) is 27.2. The van der Waals surface area contributed by atoms with Crippen molar-refractivity contribution in [1.29, 1.82) is 0 Å². The van der Waals surface area contributed by atoms with Crippen LogP contribution in [0.3, 0.4) is 0 Å².